The molecule has 0 amide bonds. The molecule has 3 nitrogen and oxygen atoms in total. The Morgan fingerprint density at radius 2 is 1.76 bits per heavy atom. The normalized spacial score (nSPS) is 15.4. The Kier molecular flexibility index (Phi) is 6.03. The van der Waals surface area contributed by atoms with Crippen LogP contribution in [0.25, 0.3) is 0 Å². The topological polar surface area (TPSA) is 50.4 Å². The smallest absolute Gasteiger partial charge is 0.193 e. The first-order valence-electron chi connectivity index (χ1n) is 7.99. The van der Waals surface area contributed by atoms with Crippen molar-refractivity contribution in [1.82, 2.24) is 0 Å². The summed E-state index contributed by atoms with van der Waals surface area (Å²) in [6.07, 6.45) is 1.66. The number of rotatable bonds is 4. The zero-order valence-electron chi connectivity index (χ0n) is 14.3. The van der Waals surface area contributed by atoms with Gasteiger partial charge in [0, 0.05) is 17.2 Å². The van der Waals surface area contributed by atoms with Gasteiger partial charge < -0.3 is 11.1 Å². The molecule has 0 atom stereocenters. The summed E-state index contributed by atoms with van der Waals surface area (Å²) in [5, 5.41) is 3.07. The van der Waals surface area contributed by atoms with E-state index >= 15 is 0 Å². The molecule has 1 aliphatic rings. The van der Waals surface area contributed by atoms with E-state index in [0.717, 1.165) is 35.7 Å². The van der Waals surface area contributed by atoms with E-state index in [9.17, 15) is 8.78 Å². The standard InChI is InChI=1S/C19H21F2N3.HI/c1-12-7-13(2)9-15(8-12)24-18(22)23-11-19(5-6-19)16-4-3-14(20)10-17(16)21;/h3-4,7-10H,5-6,11H2,1-2H3,(H3,22,23,24);1H. The Balaban J connectivity index is 0.00000225. The van der Waals surface area contributed by atoms with Crippen LogP contribution in [0.1, 0.15) is 29.5 Å². The summed E-state index contributed by atoms with van der Waals surface area (Å²) in [6.45, 7) is 4.42. The molecule has 25 heavy (non-hydrogen) atoms. The van der Waals surface area contributed by atoms with Gasteiger partial charge in [-0.05, 0) is 61.6 Å². The van der Waals surface area contributed by atoms with E-state index in [-0.39, 0.29) is 29.4 Å². The highest BCUT2D eigenvalue weighted by Gasteiger charge is 2.46. The summed E-state index contributed by atoms with van der Waals surface area (Å²) < 4.78 is 27.1. The van der Waals surface area contributed by atoms with Crippen LogP contribution in [0.3, 0.4) is 0 Å². The predicted molar refractivity (Wildman–Crippen MR) is 109 cm³/mol. The van der Waals surface area contributed by atoms with Gasteiger partial charge >= 0.3 is 0 Å². The second-order valence-corrected chi connectivity index (χ2v) is 6.61. The minimum absolute atomic E-state index is 0. The lowest BCUT2D eigenvalue weighted by Gasteiger charge is -2.15. The summed E-state index contributed by atoms with van der Waals surface area (Å²) in [7, 11) is 0. The first kappa shape index (κ1) is 19.6. The van der Waals surface area contributed by atoms with Crippen LogP contribution < -0.4 is 11.1 Å². The molecule has 0 radical (unpaired) electrons. The molecule has 3 rings (SSSR count). The van der Waals surface area contributed by atoms with Gasteiger partial charge in [0.15, 0.2) is 5.96 Å². The molecule has 1 aliphatic carbocycles. The number of benzene rings is 2. The summed E-state index contributed by atoms with van der Waals surface area (Å²) in [4.78, 5) is 4.38. The van der Waals surface area contributed by atoms with Crippen molar-refractivity contribution in [3.05, 3.63) is 64.7 Å². The van der Waals surface area contributed by atoms with Crippen LogP contribution >= 0.6 is 24.0 Å². The molecule has 134 valence electrons. The second-order valence-electron chi connectivity index (χ2n) is 6.61. The molecule has 0 aliphatic heterocycles. The van der Waals surface area contributed by atoms with Crippen LogP contribution in [0.2, 0.25) is 0 Å². The van der Waals surface area contributed by atoms with Crippen LogP contribution in [0, 0.1) is 25.5 Å². The zero-order valence-corrected chi connectivity index (χ0v) is 16.6. The first-order valence-corrected chi connectivity index (χ1v) is 7.99. The van der Waals surface area contributed by atoms with E-state index in [1.165, 1.54) is 12.1 Å². The van der Waals surface area contributed by atoms with Crippen molar-refractivity contribution in [1.29, 1.82) is 0 Å². The minimum Gasteiger partial charge on any atom is -0.370 e. The molecule has 0 aromatic heterocycles. The van der Waals surface area contributed by atoms with Crippen LogP contribution in [-0.4, -0.2) is 12.5 Å². The molecule has 3 N–H and O–H groups in total. The van der Waals surface area contributed by atoms with E-state index in [2.05, 4.69) is 16.4 Å². The SMILES string of the molecule is Cc1cc(C)cc(NC(N)=NCC2(c3ccc(F)cc3F)CC2)c1.I. The van der Waals surface area contributed by atoms with Crippen molar-refractivity contribution >= 4 is 35.6 Å². The summed E-state index contributed by atoms with van der Waals surface area (Å²) in [5.41, 5.74) is 9.29. The van der Waals surface area contributed by atoms with E-state index in [0.29, 0.717) is 18.1 Å². The molecule has 0 saturated heterocycles. The van der Waals surface area contributed by atoms with Gasteiger partial charge in [-0.2, -0.15) is 0 Å². The van der Waals surface area contributed by atoms with Crippen LogP contribution in [0.5, 0.6) is 0 Å². The van der Waals surface area contributed by atoms with Gasteiger partial charge in [0.05, 0.1) is 6.54 Å². The largest absolute Gasteiger partial charge is 0.370 e. The summed E-state index contributed by atoms with van der Waals surface area (Å²) >= 11 is 0. The number of aryl methyl sites for hydroxylation is 2. The van der Waals surface area contributed by atoms with E-state index in [1.54, 1.807) is 0 Å². The maximum Gasteiger partial charge on any atom is 0.193 e. The third kappa shape index (κ3) is 4.68. The number of guanidine groups is 1. The Morgan fingerprint density at radius 1 is 1.12 bits per heavy atom. The Hall–Kier alpha value is -1.70. The van der Waals surface area contributed by atoms with Gasteiger partial charge in [0.1, 0.15) is 11.6 Å². The minimum atomic E-state index is -0.563. The Labute approximate surface area is 163 Å². The molecular weight excluding hydrogens is 435 g/mol. The molecule has 2 aromatic carbocycles. The number of nitrogens with two attached hydrogens (primary N) is 1. The second kappa shape index (κ2) is 7.68. The molecule has 0 heterocycles. The highest BCUT2D eigenvalue weighted by Crippen LogP contribution is 2.49. The van der Waals surface area contributed by atoms with E-state index in [1.807, 2.05) is 26.0 Å². The number of hydrogen-bond acceptors (Lipinski definition) is 1. The van der Waals surface area contributed by atoms with Crippen LogP contribution in [0.4, 0.5) is 14.5 Å². The summed E-state index contributed by atoms with van der Waals surface area (Å²) in [6, 6.07) is 9.79. The van der Waals surface area contributed by atoms with Crippen LogP contribution in [-0.2, 0) is 5.41 Å². The maximum absolute atomic E-state index is 14.0. The van der Waals surface area contributed by atoms with Crippen molar-refractivity contribution in [2.75, 3.05) is 11.9 Å². The molecule has 0 bridgehead atoms. The number of aliphatic imine (C=N–C) groups is 1. The number of anilines is 1. The third-order valence-electron chi connectivity index (χ3n) is 4.40. The van der Waals surface area contributed by atoms with Crippen molar-refractivity contribution < 1.29 is 8.78 Å². The predicted octanol–water partition coefficient (Wildman–Crippen LogP) is 4.66. The van der Waals surface area contributed by atoms with E-state index in [4.69, 9.17) is 5.73 Å². The summed E-state index contributed by atoms with van der Waals surface area (Å²) in [5.74, 6) is -0.774. The van der Waals surface area contributed by atoms with Crippen molar-refractivity contribution in [3.8, 4) is 0 Å². The Morgan fingerprint density at radius 3 is 2.32 bits per heavy atom. The average Bonchev–Trinajstić information content (AvgIpc) is 3.25. The number of halogens is 3. The molecule has 1 saturated carbocycles. The zero-order chi connectivity index (χ0) is 17.3. The molecule has 0 unspecified atom stereocenters. The Bertz CT molecular complexity index is 781. The highest BCUT2D eigenvalue weighted by molar-refractivity contribution is 14.0. The lowest BCUT2D eigenvalue weighted by atomic mass is 9.95. The van der Waals surface area contributed by atoms with E-state index < -0.39 is 11.6 Å². The van der Waals surface area contributed by atoms with Crippen LogP contribution in [0.15, 0.2) is 41.4 Å². The molecule has 1 fully saturated rings. The van der Waals surface area contributed by atoms with Crippen molar-refractivity contribution in [2.24, 2.45) is 10.7 Å². The fraction of sp³-hybridized carbons (Fsp3) is 0.316. The third-order valence-corrected chi connectivity index (χ3v) is 4.40. The fourth-order valence-corrected chi connectivity index (χ4v) is 3.05. The average molecular weight is 457 g/mol. The van der Waals surface area contributed by atoms with Gasteiger partial charge in [-0.25, -0.2) is 8.78 Å². The number of nitrogens with zero attached hydrogens (tertiary/aromatic N) is 1. The van der Waals surface area contributed by atoms with Gasteiger partial charge in [-0.1, -0.05) is 12.1 Å². The fourth-order valence-electron chi connectivity index (χ4n) is 3.05. The lowest BCUT2D eigenvalue weighted by Crippen LogP contribution is -2.25. The van der Waals surface area contributed by atoms with Gasteiger partial charge in [0.25, 0.3) is 0 Å². The number of nitrogens with one attached hydrogen (secondary N) is 1. The van der Waals surface area contributed by atoms with Gasteiger partial charge in [-0.3, -0.25) is 4.99 Å². The van der Waals surface area contributed by atoms with Crippen molar-refractivity contribution in [3.63, 3.8) is 0 Å². The molecule has 6 heteroatoms. The monoisotopic (exact) mass is 457 g/mol. The highest BCUT2D eigenvalue weighted by atomic mass is 127. The van der Waals surface area contributed by atoms with Gasteiger partial charge in [0.2, 0.25) is 0 Å². The molecule has 0 spiro atoms. The quantitative estimate of drug-likeness (QED) is 0.399. The maximum atomic E-state index is 14.0. The van der Waals surface area contributed by atoms with Crippen molar-refractivity contribution in [2.45, 2.75) is 32.1 Å². The first-order chi connectivity index (χ1) is 11.4. The molecular formula is C19H22F2IN3. The molecule has 2 aromatic rings. The number of hydrogen-bond donors (Lipinski definition) is 2. The van der Waals surface area contributed by atoms with Gasteiger partial charge in [-0.15, -0.1) is 24.0 Å². The lowest BCUT2D eigenvalue weighted by molar-refractivity contribution is 0.549.